The van der Waals surface area contributed by atoms with E-state index >= 15 is 0 Å². The van der Waals surface area contributed by atoms with Crippen molar-refractivity contribution in [1.29, 1.82) is 0 Å². The molecular weight excluding hydrogens is 210 g/mol. The number of carbonyl (C=O) groups excluding carboxylic acids is 1. The summed E-state index contributed by atoms with van der Waals surface area (Å²) < 4.78 is 5.48. The largest absolute Gasteiger partial charge is 0.363 e. The van der Waals surface area contributed by atoms with Crippen LogP contribution in [0.2, 0.25) is 0 Å². The summed E-state index contributed by atoms with van der Waals surface area (Å²) in [7, 11) is 0. The molecule has 2 rings (SSSR count). The van der Waals surface area contributed by atoms with Gasteiger partial charge in [0.1, 0.15) is 18.8 Å². The fourth-order valence-corrected chi connectivity index (χ4v) is 1.37. The molecule has 1 saturated heterocycles. The zero-order valence-electron chi connectivity index (χ0n) is 9.12. The molecule has 1 aliphatic rings. The van der Waals surface area contributed by atoms with Crippen molar-refractivity contribution in [2.45, 2.75) is 19.1 Å². The van der Waals surface area contributed by atoms with Crippen LogP contribution in [0.4, 0.5) is 0 Å². The van der Waals surface area contributed by atoms with Crippen LogP contribution in [0.1, 0.15) is 12.7 Å². The van der Waals surface area contributed by atoms with Gasteiger partial charge in [-0.25, -0.2) is 4.98 Å². The molecule has 16 heavy (non-hydrogen) atoms. The predicted octanol–water partition coefficient (Wildman–Crippen LogP) is -1.20. The molecule has 0 unspecified atom stereocenters. The molecule has 7 heteroatoms. The molecule has 88 valence electrons. The molecule has 1 aromatic heterocycles. The first kappa shape index (κ1) is 11.0. The zero-order chi connectivity index (χ0) is 11.4. The predicted molar refractivity (Wildman–Crippen MR) is 55.5 cm³/mol. The number of aromatic amines is 1. The second-order valence-electron chi connectivity index (χ2n) is 4.05. The number of ether oxygens (including phenoxy) is 1. The Labute approximate surface area is 93.0 Å². The lowest BCUT2D eigenvalue weighted by Crippen LogP contribution is -2.59. The highest BCUT2D eigenvalue weighted by Crippen LogP contribution is 2.14. The van der Waals surface area contributed by atoms with E-state index in [4.69, 9.17) is 4.74 Å². The second-order valence-corrected chi connectivity index (χ2v) is 4.05. The number of hydrogen-bond acceptors (Lipinski definition) is 5. The van der Waals surface area contributed by atoms with E-state index in [0.29, 0.717) is 12.4 Å². The first-order chi connectivity index (χ1) is 7.68. The Morgan fingerprint density at radius 3 is 3.06 bits per heavy atom. The number of amides is 1. The Hall–Kier alpha value is -1.47. The van der Waals surface area contributed by atoms with E-state index in [1.54, 1.807) is 0 Å². The van der Waals surface area contributed by atoms with E-state index in [9.17, 15) is 4.79 Å². The molecule has 0 aromatic carbocycles. The lowest BCUT2D eigenvalue weighted by molar-refractivity contribution is -0.136. The number of H-pyrrole nitrogens is 1. The normalized spacial score (nSPS) is 17.8. The number of hydrogen-bond donors (Lipinski definition) is 3. The van der Waals surface area contributed by atoms with Crippen molar-refractivity contribution in [2.75, 3.05) is 19.7 Å². The molecule has 1 aromatic rings. The molecule has 3 N–H and O–H groups in total. The van der Waals surface area contributed by atoms with Crippen LogP contribution in [0.5, 0.6) is 0 Å². The Morgan fingerprint density at radius 2 is 2.50 bits per heavy atom. The SMILES string of the molecule is CC1(OCC(=O)NCc2ncn[nH]2)CNC1. The van der Waals surface area contributed by atoms with Crippen LogP contribution in [0.15, 0.2) is 6.33 Å². The fourth-order valence-electron chi connectivity index (χ4n) is 1.37. The molecule has 1 amide bonds. The molecule has 0 saturated carbocycles. The highest BCUT2D eigenvalue weighted by Gasteiger charge is 2.32. The number of nitrogens with zero attached hydrogens (tertiary/aromatic N) is 2. The van der Waals surface area contributed by atoms with E-state index in [-0.39, 0.29) is 18.1 Å². The summed E-state index contributed by atoms with van der Waals surface area (Å²) in [5, 5.41) is 12.1. The quantitative estimate of drug-likeness (QED) is 0.585. The third-order valence-corrected chi connectivity index (χ3v) is 2.47. The van der Waals surface area contributed by atoms with Crippen LogP contribution in [-0.2, 0) is 16.1 Å². The van der Waals surface area contributed by atoms with Crippen molar-refractivity contribution >= 4 is 5.91 Å². The zero-order valence-corrected chi connectivity index (χ0v) is 9.12. The van der Waals surface area contributed by atoms with Gasteiger partial charge in [0.25, 0.3) is 0 Å². The summed E-state index contributed by atoms with van der Waals surface area (Å²) in [6, 6.07) is 0. The highest BCUT2D eigenvalue weighted by molar-refractivity contribution is 5.77. The van der Waals surface area contributed by atoms with Gasteiger partial charge in [0.15, 0.2) is 0 Å². The monoisotopic (exact) mass is 225 g/mol. The van der Waals surface area contributed by atoms with Gasteiger partial charge in [0, 0.05) is 13.1 Å². The molecule has 0 bridgehead atoms. The smallest absolute Gasteiger partial charge is 0.246 e. The standard InChI is InChI=1S/C9H15N5O2/c1-9(4-10-5-9)16-3-8(15)11-2-7-12-6-13-14-7/h6,10H,2-5H2,1H3,(H,11,15)(H,12,13,14). The van der Waals surface area contributed by atoms with Crippen LogP contribution < -0.4 is 10.6 Å². The van der Waals surface area contributed by atoms with Crippen LogP contribution in [0.3, 0.4) is 0 Å². The molecule has 0 aliphatic carbocycles. The summed E-state index contributed by atoms with van der Waals surface area (Å²) in [6.07, 6.45) is 1.40. The van der Waals surface area contributed by atoms with Gasteiger partial charge in [-0.1, -0.05) is 0 Å². The average Bonchev–Trinajstić information content (AvgIpc) is 2.73. The van der Waals surface area contributed by atoms with Crippen molar-refractivity contribution < 1.29 is 9.53 Å². The summed E-state index contributed by atoms with van der Waals surface area (Å²) in [6.45, 7) is 3.99. The first-order valence-corrected chi connectivity index (χ1v) is 5.14. The minimum Gasteiger partial charge on any atom is -0.363 e. The van der Waals surface area contributed by atoms with E-state index in [0.717, 1.165) is 13.1 Å². The molecule has 7 nitrogen and oxygen atoms in total. The van der Waals surface area contributed by atoms with Crippen molar-refractivity contribution in [2.24, 2.45) is 0 Å². The third kappa shape index (κ3) is 2.77. The Bertz CT molecular complexity index is 347. The minimum atomic E-state index is -0.191. The van der Waals surface area contributed by atoms with Gasteiger partial charge in [-0.2, -0.15) is 5.10 Å². The third-order valence-electron chi connectivity index (χ3n) is 2.47. The van der Waals surface area contributed by atoms with Crippen molar-refractivity contribution in [1.82, 2.24) is 25.8 Å². The van der Waals surface area contributed by atoms with Gasteiger partial charge >= 0.3 is 0 Å². The number of aromatic nitrogens is 3. The van der Waals surface area contributed by atoms with Gasteiger partial charge in [-0.3, -0.25) is 9.89 Å². The molecule has 0 atom stereocenters. The van der Waals surface area contributed by atoms with Crippen LogP contribution in [0.25, 0.3) is 0 Å². The van der Waals surface area contributed by atoms with Crippen LogP contribution >= 0.6 is 0 Å². The maximum atomic E-state index is 11.4. The Morgan fingerprint density at radius 1 is 1.69 bits per heavy atom. The minimum absolute atomic E-state index is 0.0757. The van der Waals surface area contributed by atoms with Crippen molar-refractivity contribution in [3.63, 3.8) is 0 Å². The van der Waals surface area contributed by atoms with Gasteiger partial charge in [-0.05, 0) is 6.92 Å². The summed E-state index contributed by atoms with van der Waals surface area (Å²) in [5.74, 6) is 0.481. The maximum Gasteiger partial charge on any atom is 0.246 e. The second kappa shape index (κ2) is 4.58. The van der Waals surface area contributed by atoms with Gasteiger partial charge < -0.3 is 15.4 Å². The van der Waals surface area contributed by atoms with E-state index in [1.165, 1.54) is 6.33 Å². The first-order valence-electron chi connectivity index (χ1n) is 5.14. The van der Waals surface area contributed by atoms with Gasteiger partial charge in [0.05, 0.1) is 12.1 Å². The molecule has 1 fully saturated rings. The lowest BCUT2D eigenvalue weighted by atomic mass is 10.0. The average molecular weight is 225 g/mol. The molecule has 2 heterocycles. The Balaban J connectivity index is 1.65. The topological polar surface area (TPSA) is 91.9 Å². The number of nitrogens with one attached hydrogen (secondary N) is 3. The van der Waals surface area contributed by atoms with Crippen molar-refractivity contribution in [3.05, 3.63) is 12.2 Å². The molecule has 0 radical (unpaired) electrons. The summed E-state index contributed by atoms with van der Waals surface area (Å²) >= 11 is 0. The molecular formula is C9H15N5O2. The van der Waals surface area contributed by atoms with Crippen LogP contribution in [-0.4, -0.2) is 46.4 Å². The van der Waals surface area contributed by atoms with Gasteiger partial charge in [-0.15, -0.1) is 0 Å². The van der Waals surface area contributed by atoms with E-state index < -0.39 is 0 Å². The van der Waals surface area contributed by atoms with E-state index in [1.807, 2.05) is 6.92 Å². The Kier molecular flexibility index (Phi) is 3.16. The summed E-state index contributed by atoms with van der Waals surface area (Å²) in [5.41, 5.74) is -0.191. The summed E-state index contributed by atoms with van der Waals surface area (Å²) in [4.78, 5) is 15.3. The number of carbonyl (C=O) groups is 1. The van der Waals surface area contributed by atoms with Crippen LogP contribution in [0, 0.1) is 0 Å². The highest BCUT2D eigenvalue weighted by atomic mass is 16.5. The lowest BCUT2D eigenvalue weighted by Gasteiger charge is -2.38. The van der Waals surface area contributed by atoms with E-state index in [2.05, 4.69) is 25.8 Å². The molecule has 0 spiro atoms. The fraction of sp³-hybridized carbons (Fsp3) is 0.667. The molecule has 1 aliphatic heterocycles. The number of rotatable bonds is 5. The van der Waals surface area contributed by atoms with Crippen molar-refractivity contribution in [3.8, 4) is 0 Å². The maximum absolute atomic E-state index is 11.4. The van der Waals surface area contributed by atoms with Gasteiger partial charge in [0.2, 0.25) is 5.91 Å².